The summed E-state index contributed by atoms with van der Waals surface area (Å²) in [5.41, 5.74) is 0. The quantitative estimate of drug-likeness (QED) is 0.561. The van der Waals surface area contributed by atoms with Gasteiger partial charge in [0.15, 0.2) is 5.96 Å². The van der Waals surface area contributed by atoms with Crippen LogP contribution in [0.4, 0.5) is 0 Å². The van der Waals surface area contributed by atoms with E-state index in [1.54, 1.807) is 0 Å². The van der Waals surface area contributed by atoms with Gasteiger partial charge in [-0.15, -0.1) is 0 Å². The number of hydrogen-bond donors (Lipinski definition) is 2. The van der Waals surface area contributed by atoms with Crippen molar-refractivity contribution in [2.75, 3.05) is 32.7 Å². The zero-order valence-corrected chi connectivity index (χ0v) is 12.3. The first-order chi connectivity index (χ1) is 8.77. The second-order valence-corrected chi connectivity index (χ2v) is 5.07. The van der Waals surface area contributed by atoms with Crippen molar-refractivity contribution in [1.82, 2.24) is 15.5 Å². The normalized spacial score (nSPS) is 21.9. The van der Waals surface area contributed by atoms with Crippen LogP contribution in [0.3, 0.4) is 0 Å². The standard InChI is InChI=1S/C14H30N4/c1-4-9-16-14(15-5-2)17-10-12-18-11-7-6-8-13(18)3/h13H,4-12H2,1-3H3,(H2,15,16,17). The van der Waals surface area contributed by atoms with Gasteiger partial charge < -0.3 is 10.6 Å². The average molecular weight is 254 g/mol. The molecule has 1 fully saturated rings. The number of nitrogens with one attached hydrogen (secondary N) is 2. The van der Waals surface area contributed by atoms with Crippen LogP contribution in [-0.4, -0.2) is 49.6 Å². The molecule has 1 aliphatic heterocycles. The fourth-order valence-corrected chi connectivity index (χ4v) is 2.37. The van der Waals surface area contributed by atoms with Crippen LogP contribution < -0.4 is 10.6 Å². The Hall–Kier alpha value is -0.770. The molecule has 1 saturated heterocycles. The van der Waals surface area contributed by atoms with E-state index < -0.39 is 0 Å². The minimum Gasteiger partial charge on any atom is -0.357 e. The van der Waals surface area contributed by atoms with Gasteiger partial charge in [0.1, 0.15) is 0 Å². The number of piperidine rings is 1. The number of likely N-dealkylation sites (tertiary alicyclic amines) is 1. The van der Waals surface area contributed by atoms with E-state index in [9.17, 15) is 0 Å². The lowest BCUT2D eigenvalue weighted by atomic mass is 10.0. The molecule has 4 heteroatoms. The Morgan fingerprint density at radius 1 is 1.28 bits per heavy atom. The van der Waals surface area contributed by atoms with Gasteiger partial charge in [-0.3, -0.25) is 9.89 Å². The fourth-order valence-electron chi connectivity index (χ4n) is 2.37. The molecule has 4 nitrogen and oxygen atoms in total. The number of aliphatic imine (C=N–C) groups is 1. The highest BCUT2D eigenvalue weighted by molar-refractivity contribution is 5.79. The predicted molar refractivity (Wildman–Crippen MR) is 79.2 cm³/mol. The van der Waals surface area contributed by atoms with E-state index in [2.05, 4.69) is 41.3 Å². The Balaban J connectivity index is 2.24. The molecule has 0 bridgehead atoms. The van der Waals surface area contributed by atoms with Gasteiger partial charge >= 0.3 is 0 Å². The van der Waals surface area contributed by atoms with Crippen LogP contribution in [0.1, 0.15) is 46.5 Å². The monoisotopic (exact) mass is 254 g/mol. The first-order valence-corrected chi connectivity index (χ1v) is 7.54. The van der Waals surface area contributed by atoms with Gasteiger partial charge in [0.05, 0.1) is 0 Å². The summed E-state index contributed by atoms with van der Waals surface area (Å²) in [7, 11) is 0. The van der Waals surface area contributed by atoms with Crippen LogP contribution >= 0.6 is 0 Å². The molecule has 2 N–H and O–H groups in total. The van der Waals surface area contributed by atoms with Crippen LogP contribution in [0.2, 0.25) is 0 Å². The van der Waals surface area contributed by atoms with Crippen LogP contribution in [0.15, 0.2) is 4.99 Å². The zero-order chi connectivity index (χ0) is 13.2. The molecule has 1 aliphatic rings. The van der Waals surface area contributed by atoms with E-state index in [-0.39, 0.29) is 0 Å². The third-order valence-electron chi connectivity index (χ3n) is 3.47. The Morgan fingerprint density at radius 2 is 2.11 bits per heavy atom. The highest BCUT2D eigenvalue weighted by atomic mass is 15.2. The average Bonchev–Trinajstić information content (AvgIpc) is 2.38. The van der Waals surface area contributed by atoms with Crippen molar-refractivity contribution < 1.29 is 0 Å². The molecule has 0 aromatic rings. The molecular weight excluding hydrogens is 224 g/mol. The molecular formula is C14H30N4. The summed E-state index contributed by atoms with van der Waals surface area (Å²) in [6, 6.07) is 0.746. The molecule has 0 saturated carbocycles. The number of hydrogen-bond acceptors (Lipinski definition) is 2. The molecule has 0 aromatic heterocycles. The minimum absolute atomic E-state index is 0.746. The lowest BCUT2D eigenvalue weighted by Crippen LogP contribution is -2.45. The molecule has 0 aromatic carbocycles. The van der Waals surface area contributed by atoms with E-state index in [4.69, 9.17) is 0 Å². The number of guanidine groups is 1. The van der Waals surface area contributed by atoms with Gasteiger partial charge in [0, 0.05) is 32.2 Å². The van der Waals surface area contributed by atoms with Gasteiger partial charge in [-0.25, -0.2) is 0 Å². The summed E-state index contributed by atoms with van der Waals surface area (Å²) < 4.78 is 0. The Morgan fingerprint density at radius 3 is 2.78 bits per heavy atom. The van der Waals surface area contributed by atoms with Gasteiger partial charge in [-0.05, 0) is 39.7 Å². The van der Waals surface area contributed by atoms with Crippen molar-refractivity contribution >= 4 is 5.96 Å². The minimum atomic E-state index is 0.746. The van der Waals surface area contributed by atoms with Gasteiger partial charge in [-0.2, -0.15) is 0 Å². The lowest BCUT2D eigenvalue weighted by Gasteiger charge is -2.33. The third-order valence-corrected chi connectivity index (χ3v) is 3.47. The van der Waals surface area contributed by atoms with E-state index in [0.29, 0.717) is 0 Å². The Labute approximate surface area is 112 Å². The fraction of sp³-hybridized carbons (Fsp3) is 0.929. The van der Waals surface area contributed by atoms with Crippen molar-refractivity contribution in [1.29, 1.82) is 0 Å². The molecule has 18 heavy (non-hydrogen) atoms. The van der Waals surface area contributed by atoms with Gasteiger partial charge in [0.25, 0.3) is 0 Å². The van der Waals surface area contributed by atoms with Crippen LogP contribution in [0.5, 0.6) is 0 Å². The van der Waals surface area contributed by atoms with Gasteiger partial charge in [-0.1, -0.05) is 13.3 Å². The van der Waals surface area contributed by atoms with E-state index >= 15 is 0 Å². The second kappa shape index (κ2) is 9.20. The van der Waals surface area contributed by atoms with Crippen LogP contribution in [-0.2, 0) is 0 Å². The summed E-state index contributed by atoms with van der Waals surface area (Å²) in [6.07, 6.45) is 5.20. The van der Waals surface area contributed by atoms with Gasteiger partial charge in [0.2, 0.25) is 0 Å². The maximum Gasteiger partial charge on any atom is 0.191 e. The number of rotatable bonds is 6. The summed E-state index contributed by atoms with van der Waals surface area (Å²) in [4.78, 5) is 7.09. The molecule has 1 unspecified atom stereocenters. The topological polar surface area (TPSA) is 39.7 Å². The molecule has 1 rings (SSSR count). The highest BCUT2D eigenvalue weighted by Gasteiger charge is 2.17. The lowest BCUT2D eigenvalue weighted by molar-refractivity contribution is 0.163. The molecule has 106 valence electrons. The highest BCUT2D eigenvalue weighted by Crippen LogP contribution is 2.15. The predicted octanol–water partition coefficient (Wildman–Crippen LogP) is 1.83. The van der Waals surface area contributed by atoms with Crippen molar-refractivity contribution in [3.63, 3.8) is 0 Å². The van der Waals surface area contributed by atoms with E-state index in [0.717, 1.165) is 44.6 Å². The second-order valence-electron chi connectivity index (χ2n) is 5.07. The maximum atomic E-state index is 4.51. The first kappa shape index (κ1) is 15.3. The van der Waals surface area contributed by atoms with Crippen molar-refractivity contribution in [3.8, 4) is 0 Å². The van der Waals surface area contributed by atoms with E-state index in [1.807, 2.05) is 0 Å². The van der Waals surface area contributed by atoms with Crippen molar-refractivity contribution in [3.05, 3.63) is 0 Å². The SMILES string of the molecule is CCCN=C(NCC)NCCN1CCCCC1C. The van der Waals surface area contributed by atoms with Crippen LogP contribution in [0.25, 0.3) is 0 Å². The largest absolute Gasteiger partial charge is 0.357 e. The number of nitrogens with zero attached hydrogens (tertiary/aromatic N) is 2. The van der Waals surface area contributed by atoms with Crippen molar-refractivity contribution in [2.24, 2.45) is 4.99 Å². The summed E-state index contributed by atoms with van der Waals surface area (Å²) >= 11 is 0. The maximum absolute atomic E-state index is 4.51. The molecule has 1 heterocycles. The zero-order valence-electron chi connectivity index (χ0n) is 12.3. The molecule has 0 aliphatic carbocycles. The smallest absolute Gasteiger partial charge is 0.191 e. The first-order valence-electron chi connectivity index (χ1n) is 7.54. The van der Waals surface area contributed by atoms with Crippen molar-refractivity contribution in [2.45, 2.75) is 52.5 Å². The molecule has 0 amide bonds. The Bertz CT molecular complexity index is 240. The molecule has 0 radical (unpaired) electrons. The van der Waals surface area contributed by atoms with Crippen LogP contribution in [0, 0.1) is 0 Å². The Kier molecular flexibility index (Phi) is 7.81. The molecule has 0 spiro atoms. The summed E-state index contributed by atoms with van der Waals surface area (Å²) in [5, 5.41) is 6.71. The van der Waals surface area contributed by atoms with E-state index in [1.165, 1.54) is 25.8 Å². The third kappa shape index (κ3) is 5.71. The molecule has 1 atom stereocenters. The summed E-state index contributed by atoms with van der Waals surface area (Å²) in [6.45, 7) is 11.8. The summed E-state index contributed by atoms with van der Waals surface area (Å²) in [5.74, 6) is 0.962.